The van der Waals surface area contributed by atoms with Gasteiger partial charge in [0.15, 0.2) is 0 Å². The number of carbonyl (C=O) groups is 1. The highest BCUT2D eigenvalue weighted by atomic mass is 19.4. The molecule has 0 aliphatic carbocycles. The number of hydrogen-bond acceptors (Lipinski definition) is 4. The molecule has 2 heterocycles. The molecule has 0 saturated heterocycles. The number of nitrogens with one attached hydrogen (secondary N) is 1. The van der Waals surface area contributed by atoms with Crippen LogP contribution in [-0.4, -0.2) is 36.0 Å². The molecule has 1 aliphatic rings. The van der Waals surface area contributed by atoms with Gasteiger partial charge >= 0.3 is 12.4 Å². The number of alkyl halides is 6. The topological polar surface area (TPSA) is 54.5 Å². The Labute approximate surface area is 202 Å². The molecular formula is C25H21F6N3O2. The van der Waals surface area contributed by atoms with Crippen molar-refractivity contribution in [1.29, 1.82) is 0 Å². The van der Waals surface area contributed by atoms with Crippen LogP contribution >= 0.6 is 0 Å². The Morgan fingerprint density at radius 3 is 2.19 bits per heavy atom. The van der Waals surface area contributed by atoms with E-state index in [0.29, 0.717) is 35.5 Å². The van der Waals surface area contributed by atoms with Gasteiger partial charge in [-0.05, 0) is 42.4 Å². The Balaban J connectivity index is 1.77. The van der Waals surface area contributed by atoms with Gasteiger partial charge < -0.3 is 15.0 Å². The molecule has 0 fully saturated rings. The van der Waals surface area contributed by atoms with Crippen molar-refractivity contribution < 1.29 is 35.9 Å². The molecule has 1 aromatic heterocycles. The molecule has 11 heteroatoms. The smallest absolute Gasteiger partial charge is 0.416 e. The average Bonchev–Trinajstić information content (AvgIpc) is 2.97. The van der Waals surface area contributed by atoms with E-state index in [1.54, 1.807) is 43.4 Å². The molecule has 36 heavy (non-hydrogen) atoms. The molecule has 190 valence electrons. The van der Waals surface area contributed by atoms with E-state index >= 15 is 0 Å². The van der Waals surface area contributed by atoms with Gasteiger partial charge in [0.05, 0.1) is 23.4 Å². The molecule has 4 rings (SSSR count). The normalized spacial score (nSPS) is 14.3. The first kappa shape index (κ1) is 25.5. The highest BCUT2D eigenvalue weighted by molar-refractivity contribution is 6.03. The number of benzene rings is 2. The largest absolute Gasteiger partial charge is 0.475 e. The van der Waals surface area contributed by atoms with Gasteiger partial charge in [-0.25, -0.2) is 4.98 Å². The molecule has 2 aromatic carbocycles. The first-order chi connectivity index (χ1) is 17.0. The van der Waals surface area contributed by atoms with E-state index in [4.69, 9.17) is 4.74 Å². The minimum Gasteiger partial charge on any atom is -0.475 e. The molecule has 0 saturated carbocycles. The Bertz CT molecular complexity index is 1230. The third-order valence-corrected chi connectivity index (χ3v) is 5.60. The zero-order chi connectivity index (χ0) is 26.1. The van der Waals surface area contributed by atoms with Gasteiger partial charge in [-0.2, -0.15) is 26.3 Å². The van der Waals surface area contributed by atoms with Crippen molar-refractivity contribution in [2.24, 2.45) is 0 Å². The number of halogens is 6. The standard InChI is InChI=1S/C25H21F6N3O2/c1-32-13-19-12-20(16-5-3-2-4-6-16)21-22(33-19)36-8-7-34(23(21)35)14-15-9-17(24(26,27)28)11-18(10-15)25(29,30)31/h2-6,9-12,32H,7-8,13-14H2,1H3. The Morgan fingerprint density at radius 2 is 1.61 bits per heavy atom. The van der Waals surface area contributed by atoms with Crippen LogP contribution in [-0.2, 0) is 25.4 Å². The lowest BCUT2D eigenvalue weighted by Gasteiger charge is -2.22. The van der Waals surface area contributed by atoms with Gasteiger partial charge in [-0.3, -0.25) is 4.79 Å². The lowest BCUT2D eigenvalue weighted by atomic mass is 9.98. The van der Waals surface area contributed by atoms with Crippen LogP contribution in [0.25, 0.3) is 11.1 Å². The number of nitrogens with zero attached hydrogens (tertiary/aromatic N) is 2. The zero-order valence-corrected chi connectivity index (χ0v) is 19.0. The van der Waals surface area contributed by atoms with Crippen molar-refractivity contribution in [1.82, 2.24) is 15.2 Å². The van der Waals surface area contributed by atoms with E-state index in [0.717, 1.165) is 0 Å². The van der Waals surface area contributed by atoms with Crippen LogP contribution in [0.15, 0.2) is 54.6 Å². The Hall–Kier alpha value is -3.60. The van der Waals surface area contributed by atoms with Crippen molar-refractivity contribution in [3.8, 4) is 17.0 Å². The van der Waals surface area contributed by atoms with Gasteiger partial charge in [0.25, 0.3) is 5.91 Å². The van der Waals surface area contributed by atoms with Crippen LogP contribution in [0.5, 0.6) is 5.88 Å². The third kappa shape index (κ3) is 5.46. The van der Waals surface area contributed by atoms with Gasteiger partial charge in [-0.1, -0.05) is 30.3 Å². The molecule has 5 nitrogen and oxygen atoms in total. The molecule has 3 aromatic rings. The monoisotopic (exact) mass is 509 g/mol. The third-order valence-electron chi connectivity index (χ3n) is 5.60. The molecule has 1 aliphatic heterocycles. The van der Waals surface area contributed by atoms with E-state index in [1.807, 2.05) is 0 Å². The number of ether oxygens (including phenoxy) is 1. The summed E-state index contributed by atoms with van der Waals surface area (Å²) < 4.78 is 85.6. The minimum atomic E-state index is -4.98. The SMILES string of the molecule is CNCc1cc(-c2ccccc2)c2c(n1)OCCN(Cc1cc(C(F)(F)F)cc(C(F)(F)F)c1)C2=O. The van der Waals surface area contributed by atoms with Gasteiger partial charge in [-0.15, -0.1) is 0 Å². The molecule has 0 radical (unpaired) electrons. The lowest BCUT2D eigenvalue weighted by molar-refractivity contribution is -0.143. The van der Waals surface area contributed by atoms with Crippen molar-refractivity contribution in [2.75, 3.05) is 20.2 Å². The molecule has 1 amide bonds. The number of pyridine rings is 1. The van der Waals surface area contributed by atoms with E-state index in [1.165, 1.54) is 4.90 Å². The number of rotatable bonds is 5. The highest BCUT2D eigenvalue weighted by Crippen LogP contribution is 2.37. The van der Waals surface area contributed by atoms with E-state index in [-0.39, 0.29) is 36.2 Å². The number of carbonyl (C=O) groups excluding carboxylic acids is 1. The fourth-order valence-electron chi connectivity index (χ4n) is 3.99. The number of fused-ring (bicyclic) bond motifs is 1. The predicted molar refractivity (Wildman–Crippen MR) is 119 cm³/mol. The fourth-order valence-corrected chi connectivity index (χ4v) is 3.99. The molecule has 0 unspecified atom stereocenters. The summed E-state index contributed by atoms with van der Waals surface area (Å²) in [5.41, 5.74) is -1.28. The Morgan fingerprint density at radius 1 is 0.972 bits per heavy atom. The molecular weight excluding hydrogens is 488 g/mol. The summed E-state index contributed by atoms with van der Waals surface area (Å²) in [6.45, 7) is -0.170. The van der Waals surface area contributed by atoms with Crippen molar-refractivity contribution >= 4 is 5.91 Å². The quantitative estimate of drug-likeness (QED) is 0.459. The maximum Gasteiger partial charge on any atom is 0.416 e. The first-order valence-corrected chi connectivity index (χ1v) is 10.9. The minimum absolute atomic E-state index is 0.0337. The number of hydrogen-bond donors (Lipinski definition) is 1. The summed E-state index contributed by atoms with van der Waals surface area (Å²) in [4.78, 5) is 19.2. The first-order valence-electron chi connectivity index (χ1n) is 10.9. The molecule has 0 spiro atoms. The molecule has 1 N–H and O–H groups in total. The van der Waals surface area contributed by atoms with Crippen LogP contribution in [0.1, 0.15) is 32.7 Å². The van der Waals surface area contributed by atoms with E-state index < -0.39 is 35.9 Å². The fraction of sp³-hybridized carbons (Fsp3) is 0.280. The van der Waals surface area contributed by atoms with E-state index in [9.17, 15) is 31.1 Å². The van der Waals surface area contributed by atoms with Crippen LogP contribution in [0, 0.1) is 0 Å². The maximum atomic E-state index is 13.6. The predicted octanol–water partition coefficient (Wildman–Crippen LogP) is 5.54. The van der Waals surface area contributed by atoms with Crippen molar-refractivity contribution in [2.45, 2.75) is 25.4 Å². The highest BCUT2D eigenvalue weighted by Gasteiger charge is 2.37. The van der Waals surface area contributed by atoms with Crippen LogP contribution in [0.2, 0.25) is 0 Å². The second-order valence-electron chi connectivity index (χ2n) is 8.23. The van der Waals surface area contributed by atoms with Gasteiger partial charge in [0.2, 0.25) is 5.88 Å². The number of amides is 1. The van der Waals surface area contributed by atoms with Crippen LogP contribution < -0.4 is 10.1 Å². The van der Waals surface area contributed by atoms with Gasteiger partial charge in [0, 0.05) is 18.7 Å². The number of aromatic nitrogens is 1. The summed E-state index contributed by atoms with van der Waals surface area (Å²) in [5.74, 6) is -0.537. The lowest BCUT2D eigenvalue weighted by Crippen LogP contribution is -2.32. The average molecular weight is 509 g/mol. The van der Waals surface area contributed by atoms with Crippen molar-refractivity contribution in [3.05, 3.63) is 82.5 Å². The zero-order valence-electron chi connectivity index (χ0n) is 19.0. The van der Waals surface area contributed by atoms with Crippen LogP contribution in [0.3, 0.4) is 0 Å². The summed E-state index contributed by atoms with van der Waals surface area (Å²) >= 11 is 0. The molecule has 0 bridgehead atoms. The summed E-state index contributed by atoms with van der Waals surface area (Å²) in [5, 5.41) is 2.98. The second-order valence-corrected chi connectivity index (χ2v) is 8.23. The molecule has 0 atom stereocenters. The summed E-state index contributed by atoms with van der Waals surface area (Å²) in [7, 11) is 1.73. The Kier molecular flexibility index (Phi) is 6.94. The van der Waals surface area contributed by atoms with Gasteiger partial charge in [0.1, 0.15) is 12.2 Å². The summed E-state index contributed by atoms with van der Waals surface area (Å²) in [6.07, 6.45) is -9.97. The van der Waals surface area contributed by atoms with Crippen molar-refractivity contribution in [3.63, 3.8) is 0 Å². The maximum absolute atomic E-state index is 13.6. The van der Waals surface area contributed by atoms with Crippen LogP contribution in [0.4, 0.5) is 26.3 Å². The van der Waals surface area contributed by atoms with E-state index in [2.05, 4.69) is 10.3 Å². The summed E-state index contributed by atoms with van der Waals surface area (Å²) in [6, 6.07) is 11.9. The second kappa shape index (κ2) is 9.81.